The van der Waals surface area contributed by atoms with Gasteiger partial charge in [0.2, 0.25) is 20.0 Å². The predicted molar refractivity (Wildman–Crippen MR) is 151 cm³/mol. The molecule has 204 valence electrons. The fourth-order valence-corrected chi connectivity index (χ4v) is 7.79. The molecule has 1 N–H and O–H groups in total. The molecule has 1 saturated heterocycles. The SMILES string of the molecule is C[C@H]1CCC(CCCCc2ccccc2)S(=O)(=O)N1Cc1ccc(-c2ccc(NS(C)(=O)=O)cc2)cc1F. The van der Waals surface area contributed by atoms with Crippen LogP contribution in [0.3, 0.4) is 0 Å². The zero-order valence-electron chi connectivity index (χ0n) is 21.8. The number of unbranched alkanes of at least 4 members (excludes halogenated alkanes) is 1. The van der Waals surface area contributed by atoms with Crippen LogP contribution in [0.4, 0.5) is 10.1 Å². The molecule has 0 bridgehead atoms. The molecular formula is C29H35FN2O4S2. The minimum absolute atomic E-state index is 0.00729. The zero-order valence-corrected chi connectivity index (χ0v) is 23.4. The number of rotatable bonds is 10. The molecule has 6 nitrogen and oxygen atoms in total. The van der Waals surface area contributed by atoms with Crippen LogP contribution in [0.1, 0.15) is 50.2 Å². The van der Waals surface area contributed by atoms with E-state index in [1.807, 2.05) is 25.1 Å². The number of hydrogen-bond acceptors (Lipinski definition) is 4. The van der Waals surface area contributed by atoms with E-state index in [-0.39, 0.29) is 12.6 Å². The average molecular weight is 559 g/mol. The molecule has 1 aliphatic heterocycles. The fraction of sp³-hybridized carbons (Fsp3) is 0.379. The Balaban J connectivity index is 1.41. The topological polar surface area (TPSA) is 83.6 Å². The van der Waals surface area contributed by atoms with Crippen LogP contribution in [0.25, 0.3) is 11.1 Å². The Morgan fingerprint density at radius 3 is 2.29 bits per heavy atom. The third-order valence-corrected chi connectivity index (χ3v) is 10.2. The molecule has 3 aromatic carbocycles. The summed E-state index contributed by atoms with van der Waals surface area (Å²) in [5, 5.41) is -0.434. The van der Waals surface area contributed by atoms with E-state index in [0.717, 1.165) is 37.5 Å². The van der Waals surface area contributed by atoms with Gasteiger partial charge in [-0.1, -0.05) is 61.0 Å². The third-order valence-electron chi connectivity index (χ3n) is 7.13. The lowest BCUT2D eigenvalue weighted by molar-refractivity contribution is 0.275. The first-order valence-corrected chi connectivity index (χ1v) is 16.3. The lowest BCUT2D eigenvalue weighted by Crippen LogP contribution is -2.48. The van der Waals surface area contributed by atoms with Crippen molar-refractivity contribution >= 4 is 25.7 Å². The molecule has 0 spiro atoms. The Kier molecular flexibility index (Phi) is 8.90. The van der Waals surface area contributed by atoms with E-state index >= 15 is 4.39 Å². The maximum Gasteiger partial charge on any atom is 0.229 e. The van der Waals surface area contributed by atoms with Crippen molar-refractivity contribution in [3.8, 4) is 11.1 Å². The number of sulfonamides is 2. The Hall–Kier alpha value is -2.75. The smallest absolute Gasteiger partial charge is 0.229 e. The van der Waals surface area contributed by atoms with E-state index in [1.54, 1.807) is 36.4 Å². The fourth-order valence-electron chi connectivity index (χ4n) is 5.01. The molecule has 1 heterocycles. The van der Waals surface area contributed by atoms with Gasteiger partial charge in [-0.3, -0.25) is 4.72 Å². The van der Waals surface area contributed by atoms with Crippen LogP contribution >= 0.6 is 0 Å². The van der Waals surface area contributed by atoms with Crippen LogP contribution in [0, 0.1) is 5.82 Å². The number of aryl methyl sites for hydroxylation is 1. The molecule has 4 rings (SSSR count). The quantitative estimate of drug-likeness (QED) is 0.311. The summed E-state index contributed by atoms with van der Waals surface area (Å²) >= 11 is 0. The van der Waals surface area contributed by atoms with Crippen LogP contribution in [0.15, 0.2) is 72.8 Å². The third kappa shape index (κ3) is 7.21. The number of nitrogens with one attached hydrogen (secondary N) is 1. The summed E-state index contributed by atoms with van der Waals surface area (Å²) in [6.07, 6.45) is 5.79. The Labute approximate surface area is 226 Å². The van der Waals surface area contributed by atoms with Crippen molar-refractivity contribution in [3.05, 3.63) is 89.7 Å². The highest BCUT2D eigenvalue weighted by Gasteiger charge is 2.39. The van der Waals surface area contributed by atoms with Gasteiger partial charge in [-0.25, -0.2) is 21.2 Å². The molecular weight excluding hydrogens is 523 g/mol. The van der Waals surface area contributed by atoms with E-state index in [2.05, 4.69) is 16.9 Å². The first-order chi connectivity index (χ1) is 18.0. The second kappa shape index (κ2) is 12.0. The normalized spacial score (nSPS) is 19.8. The standard InChI is InChI=1S/C29H35FN2O4S2/c1-22-12-19-28(11-7-6-10-23-8-4-3-5-9-23)38(35,36)32(22)21-26-14-13-25(20-29(26)30)24-15-17-27(18-16-24)31-37(2,33)34/h3-5,8-9,13-18,20,22,28,31H,6-7,10-12,19,21H2,1-2H3/t22-,28?/m0/s1. The highest BCUT2D eigenvalue weighted by atomic mass is 32.2. The Morgan fingerprint density at radius 2 is 1.63 bits per heavy atom. The van der Waals surface area contributed by atoms with Crippen LogP contribution in [0.5, 0.6) is 0 Å². The first kappa shape index (κ1) is 28.3. The maximum atomic E-state index is 15.2. The summed E-state index contributed by atoms with van der Waals surface area (Å²) < 4.78 is 68.8. The molecule has 1 fully saturated rings. The molecule has 0 aliphatic carbocycles. The van der Waals surface area contributed by atoms with Gasteiger partial charge in [-0.15, -0.1) is 0 Å². The van der Waals surface area contributed by atoms with E-state index in [0.29, 0.717) is 29.7 Å². The lowest BCUT2D eigenvalue weighted by atomic mass is 10.0. The van der Waals surface area contributed by atoms with E-state index < -0.39 is 31.1 Å². The maximum absolute atomic E-state index is 15.2. The second-order valence-corrected chi connectivity index (χ2v) is 14.0. The van der Waals surface area contributed by atoms with E-state index in [1.165, 1.54) is 15.9 Å². The van der Waals surface area contributed by atoms with Gasteiger partial charge in [-0.2, -0.15) is 4.31 Å². The number of nitrogens with zero attached hydrogens (tertiary/aromatic N) is 1. The van der Waals surface area contributed by atoms with Gasteiger partial charge in [0.15, 0.2) is 0 Å². The summed E-state index contributed by atoms with van der Waals surface area (Å²) in [6.45, 7) is 1.90. The van der Waals surface area contributed by atoms with Crippen molar-refractivity contribution in [2.24, 2.45) is 0 Å². The minimum Gasteiger partial charge on any atom is -0.284 e. The zero-order chi connectivity index (χ0) is 27.3. The Bertz CT molecular complexity index is 1440. The molecule has 38 heavy (non-hydrogen) atoms. The molecule has 1 unspecified atom stereocenters. The van der Waals surface area contributed by atoms with Crippen LogP contribution < -0.4 is 4.72 Å². The summed E-state index contributed by atoms with van der Waals surface area (Å²) in [5.74, 6) is -0.465. The largest absolute Gasteiger partial charge is 0.284 e. The number of hydrogen-bond donors (Lipinski definition) is 1. The van der Waals surface area contributed by atoms with Gasteiger partial charge in [0.25, 0.3) is 0 Å². The van der Waals surface area contributed by atoms with E-state index in [9.17, 15) is 16.8 Å². The monoisotopic (exact) mass is 558 g/mol. The molecule has 0 radical (unpaired) electrons. The summed E-state index contributed by atoms with van der Waals surface area (Å²) in [4.78, 5) is 0. The van der Waals surface area contributed by atoms with Gasteiger partial charge >= 0.3 is 0 Å². The molecule has 2 atom stereocenters. The second-order valence-electron chi connectivity index (χ2n) is 10.1. The number of halogens is 1. The summed E-state index contributed by atoms with van der Waals surface area (Å²) in [5.41, 5.74) is 3.37. The van der Waals surface area contributed by atoms with Gasteiger partial charge in [0.1, 0.15) is 5.82 Å². The molecule has 0 aromatic heterocycles. The van der Waals surface area contributed by atoms with Gasteiger partial charge in [0, 0.05) is 23.8 Å². The lowest BCUT2D eigenvalue weighted by Gasteiger charge is -2.37. The van der Waals surface area contributed by atoms with Crippen molar-refractivity contribution < 1.29 is 21.2 Å². The average Bonchev–Trinajstić information content (AvgIpc) is 2.86. The van der Waals surface area contributed by atoms with Crippen molar-refractivity contribution in [1.82, 2.24) is 4.31 Å². The highest BCUT2D eigenvalue weighted by Crippen LogP contribution is 2.32. The van der Waals surface area contributed by atoms with Gasteiger partial charge < -0.3 is 0 Å². The highest BCUT2D eigenvalue weighted by molar-refractivity contribution is 7.92. The molecule has 0 amide bonds. The van der Waals surface area contributed by atoms with Crippen LogP contribution in [-0.4, -0.2) is 38.7 Å². The van der Waals surface area contributed by atoms with Crippen LogP contribution in [-0.2, 0) is 33.0 Å². The molecule has 9 heteroatoms. The molecule has 1 aliphatic rings. The van der Waals surface area contributed by atoms with Crippen molar-refractivity contribution in [2.75, 3.05) is 11.0 Å². The Morgan fingerprint density at radius 1 is 0.947 bits per heavy atom. The number of benzene rings is 3. The predicted octanol–water partition coefficient (Wildman–Crippen LogP) is 5.96. The van der Waals surface area contributed by atoms with Crippen LogP contribution in [0.2, 0.25) is 0 Å². The van der Waals surface area contributed by atoms with Crippen molar-refractivity contribution in [2.45, 2.75) is 63.3 Å². The van der Waals surface area contributed by atoms with Gasteiger partial charge in [0.05, 0.1) is 11.5 Å². The first-order valence-electron chi connectivity index (χ1n) is 12.9. The molecule has 3 aromatic rings. The summed E-state index contributed by atoms with van der Waals surface area (Å²) in [7, 11) is -6.93. The van der Waals surface area contributed by atoms with Gasteiger partial charge in [-0.05, 0) is 73.9 Å². The minimum atomic E-state index is -3.55. The van der Waals surface area contributed by atoms with Crippen molar-refractivity contribution in [1.29, 1.82) is 0 Å². The summed E-state index contributed by atoms with van der Waals surface area (Å²) in [6, 6.07) is 21.5. The van der Waals surface area contributed by atoms with Crippen molar-refractivity contribution in [3.63, 3.8) is 0 Å². The van der Waals surface area contributed by atoms with E-state index in [4.69, 9.17) is 0 Å². The number of anilines is 1. The molecule has 0 saturated carbocycles.